The molecule has 0 saturated heterocycles. The Morgan fingerprint density at radius 2 is 1.79 bits per heavy atom. The SMILES string of the molecule is COc1ccc(CC(=O)N/N=C\c2ccc3ccccc3c2)cc1. The van der Waals surface area contributed by atoms with Gasteiger partial charge in [0, 0.05) is 0 Å². The van der Waals surface area contributed by atoms with Crippen molar-refractivity contribution < 1.29 is 9.53 Å². The number of rotatable bonds is 5. The predicted octanol–water partition coefficient (Wildman–Crippen LogP) is 3.54. The first-order valence-electron chi connectivity index (χ1n) is 7.68. The molecule has 0 atom stereocenters. The Balaban J connectivity index is 1.58. The van der Waals surface area contributed by atoms with Gasteiger partial charge in [-0.3, -0.25) is 4.79 Å². The van der Waals surface area contributed by atoms with Gasteiger partial charge in [0.05, 0.1) is 19.7 Å². The number of carbonyl (C=O) groups excluding carboxylic acids is 1. The second-order valence-corrected chi connectivity index (χ2v) is 5.42. The van der Waals surface area contributed by atoms with Gasteiger partial charge in [-0.1, -0.05) is 48.5 Å². The maximum atomic E-state index is 11.9. The van der Waals surface area contributed by atoms with E-state index in [9.17, 15) is 4.79 Å². The molecule has 4 nitrogen and oxygen atoms in total. The van der Waals surface area contributed by atoms with Crippen LogP contribution in [-0.4, -0.2) is 19.2 Å². The van der Waals surface area contributed by atoms with Crippen LogP contribution in [0.1, 0.15) is 11.1 Å². The van der Waals surface area contributed by atoms with Gasteiger partial charge in [0.15, 0.2) is 0 Å². The molecule has 0 spiro atoms. The summed E-state index contributed by atoms with van der Waals surface area (Å²) in [5.41, 5.74) is 4.41. The minimum atomic E-state index is -0.155. The van der Waals surface area contributed by atoms with Crippen LogP contribution in [0.5, 0.6) is 5.75 Å². The summed E-state index contributed by atoms with van der Waals surface area (Å²) in [6.45, 7) is 0. The lowest BCUT2D eigenvalue weighted by Crippen LogP contribution is -2.19. The summed E-state index contributed by atoms with van der Waals surface area (Å²) in [5.74, 6) is 0.616. The van der Waals surface area contributed by atoms with Gasteiger partial charge in [0.25, 0.3) is 0 Å². The number of nitrogens with one attached hydrogen (secondary N) is 1. The summed E-state index contributed by atoms with van der Waals surface area (Å²) >= 11 is 0. The fourth-order valence-electron chi connectivity index (χ4n) is 2.44. The average molecular weight is 318 g/mol. The molecule has 0 radical (unpaired) electrons. The number of methoxy groups -OCH3 is 1. The summed E-state index contributed by atoms with van der Waals surface area (Å²) in [4.78, 5) is 11.9. The fraction of sp³-hybridized carbons (Fsp3) is 0.100. The molecule has 0 aliphatic carbocycles. The molecule has 0 heterocycles. The molecule has 3 aromatic rings. The molecule has 24 heavy (non-hydrogen) atoms. The van der Waals surface area contributed by atoms with Crippen LogP contribution in [0.15, 0.2) is 71.8 Å². The number of ether oxygens (including phenoxy) is 1. The van der Waals surface area contributed by atoms with Crippen LogP contribution in [0.3, 0.4) is 0 Å². The number of hydrogen-bond acceptors (Lipinski definition) is 3. The highest BCUT2D eigenvalue weighted by molar-refractivity contribution is 5.91. The van der Waals surface area contributed by atoms with Gasteiger partial charge in [-0.2, -0.15) is 5.10 Å². The van der Waals surface area contributed by atoms with Crippen LogP contribution in [0.4, 0.5) is 0 Å². The van der Waals surface area contributed by atoms with Crippen LogP contribution in [0.25, 0.3) is 10.8 Å². The van der Waals surface area contributed by atoms with E-state index >= 15 is 0 Å². The molecule has 3 rings (SSSR count). The third-order valence-electron chi connectivity index (χ3n) is 3.70. The molecule has 0 aliphatic rings. The molecular formula is C20H18N2O2. The Morgan fingerprint density at radius 3 is 2.54 bits per heavy atom. The summed E-state index contributed by atoms with van der Waals surface area (Å²) in [7, 11) is 1.61. The van der Waals surface area contributed by atoms with Crippen LogP contribution in [0, 0.1) is 0 Å². The van der Waals surface area contributed by atoms with Crippen LogP contribution in [0.2, 0.25) is 0 Å². The zero-order valence-electron chi connectivity index (χ0n) is 13.4. The molecule has 0 aromatic heterocycles. The Morgan fingerprint density at radius 1 is 1.04 bits per heavy atom. The van der Waals surface area contributed by atoms with E-state index in [4.69, 9.17) is 4.74 Å². The molecule has 3 aromatic carbocycles. The second kappa shape index (κ2) is 7.42. The number of carbonyl (C=O) groups is 1. The minimum absolute atomic E-state index is 0.155. The maximum Gasteiger partial charge on any atom is 0.244 e. The number of benzene rings is 3. The highest BCUT2D eigenvalue weighted by Gasteiger charge is 2.02. The molecule has 120 valence electrons. The Labute approximate surface area is 140 Å². The smallest absolute Gasteiger partial charge is 0.244 e. The van der Waals surface area contributed by atoms with E-state index < -0.39 is 0 Å². The molecule has 0 bridgehead atoms. The Bertz CT molecular complexity index is 870. The molecule has 1 N–H and O–H groups in total. The van der Waals surface area contributed by atoms with Crippen molar-refractivity contribution in [2.24, 2.45) is 5.10 Å². The van der Waals surface area contributed by atoms with Crippen molar-refractivity contribution in [1.82, 2.24) is 5.43 Å². The maximum absolute atomic E-state index is 11.9. The Hall–Kier alpha value is -3.14. The normalized spacial score (nSPS) is 10.9. The van der Waals surface area contributed by atoms with E-state index in [0.29, 0.717) is 0 Å². The highest BCUT2D eigenvalue weighted by atomic mass is 16.5. The van der Waals surface area contributed by atoms with E-state index in [1.54, 1.807) is 13.3 Å². The monoisotopic (exact) mass is 318 g/mol. The zero-order chi connectivity index (χ0) is 16.8. The number of hydrogen-bond donors (Lipinski definition) is 1. The summed E-state index contributed by atoms with van der Waals surface area (Å²) in [6.07, 6.45) is 1.93. The highest BCUT2D eigenvalue weighted by Crippen LogP contribution is 2.14. The largest absolute Gasteiger partial charge is 0.497 e. The van der Waals surface area contributed by atoms with E-state index in [2.05, 4.69) is 22.7 Å². The molecule has 0 fully saturated rings. The number of amides is 1. The third kappa shape index (κ3) is 3.98. The van der Waals surface area contributed by atoms with Crippen molar-refractivity contribution in [2.45, 2.75) is 6.42 Å². The summed E-state index contributed by atoms with van der Waals surface area (Å²) < 4.78 is 5.09. The van der Waals surface area contributed by atoms with Crippen molar-refractivity contribution in [3.05, 3.63) is 77.9 Å². The quantitative estimate of drug-likeness (QED) is 0.578. The first-order valence-corrected chi connectivity index (χ1v) is 7.68. The van der Waals surface area contributed by atoms with Crippen LogP contribution < -0.4 is 10.2 Å². The third-order valence-corrected chi connectivity index (χ3v) is 3.70. The molecule has 0 saturated carbocycles. The summed E-state index contributed by atoms with van der Waals surface area (Å²) in [5, 5.41) is 6.35. The van der Waals surface area contributed by atoms with E-state index in [-0.39, 0.29) is 12.3 Å². The van der Waals surface area contributed by atoms with E-state index in [0.717, 1.165) is 22.3 Å². The number of fused-ring (bicyclic) bond motifs is 1. The average Bonchev–Trinajstić information content (AvgIpc) is 2.62. The molecule has 0 aliphatic heterocycles. The van der Waals surface area contributed by atoms with E-state index in [1.165, 1.54) is 5.39 Å². The lowest BCUT2D eigenvalue weighted by molar-refractivity contribution is -0.120. The molecule has 0 unspecified atom stereocenters. The second-order valence-electron chi connectivity index (χ2n) is 5.42. The lowest BCUT2D eigenvalue weighted by Gasteiger charge is -2.03. The van der Waals surface area contributed by atoms with Gasteiger partial charge in [-0.25, -0.2) is 5.43 Å². The van der Waals surface area contributed by atoms with Crippen molar-refractivity contribution in [1.29, 1.82) is 0 Å². The van der Waals surface area contributed by atoms with E-state index in [1.807, 2.05) is 54.6 Å². The topological polar surface area (TPSA) is 50.7 Å². The van der Waals surface area contributed by atoms with Crippen LogP contribution >= 0.6 is 0 Å². The first kappa shape index (κ1) is 15.7. The first-order chi connectivity index (χ1) is 11.7. The van der Waals surface area contributed by atoms with Gasteiger partial charge in [0.1, 0.15) is 5.75 Å². The fourth-order valence-corrected chi connectivity index (χ4v) is 2.44. The van der Waals surface area contributed by atoms with Gasteiger partial charge < -0.3 is 4.74 Å². The summed E-state index contributed by atoms with van der Waals surface area (Å²) in [6, 6.07) is 21.6. The molecule has 4 heteroatoms. The minimum Gasteiger partial charge on any atom is -0.497 e. The molecule has 1 amide bonds. The standard InChI is InChI=1S/C20H18N2O2/c1-24-19-10-7-15(8-11-19)13-20(23)22-21-14-16-6-9-17-4-2-3-5-18(17)12-16/h2-12,14H,13H2,1H3,(H,22,23)/b21-14-. The van der Waals surface area contributed by atoms with Crippen LogP contribution in [-0.2, 0) is 11.2 Å². The van der Waals surface area contributed by atoms with Gasteiger partial charge >= 0.3 is 0 Å². The van der Waals surface area contributed by atoms with Gasteiger partial charge in [0.2, 0.25) is 5.91 Å². The van der Waals surface area contributed by atoms with Crippen molar-refractivity contribution >= 4 is 22.9 Å². The lowest BCUT2D eigenvalue weighted by atomic mass is 10.1. The van der Waals surface area contributed by atoms with Gasteiger partial charge in [-0.15, -0.1) is 0 Å². The predicted molar refractivity (Wildman–Crippen MR) is 96.4 cm³/mol. The van der Waals surface area contributed by atoms with Crippen molar-refractivity contribution in [3.8, 4) is 5.75 Å². The zero-order valence-corrected chi connectivity index (χ0v) is 13.4. The molecular weight excluding hydrogens is 300 g/mol. The van der Waals surface area contributed by atoms with Gasteiger partial charge in [-0.05, 0) is 40.1 Å². The number of nitrogens with zero attached hydrogens (tertiary/aromatic N) is 1. The van der Waals surface area contributed by atoms with Crippen molar-refractivity contribution in [2.75, 3.05) is 7.11 Å². The van der Waals surface area contributed by atoms with Crippen molar-refractivity contribution in [3.63, 3.8) is 0 Å². The number of hydrazone groups is 1. The Kier molecular flexibility index (Phi) is 4.87.